The number of carbonyl (C=O) groups excluding carboxylic acids is 1. The maximum absolute atomic E-state index is 11.2. The summed E-state index contributed by atoms with van der Waals surface area (Å²) in [5.74, 6) is 1.72. The first-order valence-electron chi connectivity index (χ1n) is 7.72. The Morgan fingerprint density at radius 3 is 2.25 bits per heavy atom. The number of hydrogen-bond donors (Lipinski definition) is 0. The Hall–Kier alpha value is -1.31. The Morgan fingerprint density at radius 2 is 1.80 bits per heavy atom. The third kappa shape index (κ3) is 4.66. The molecule has 0 aliphatic rings. The highest BCUT2D eigenvalue weighted by Crippen LogP contribution is 2.33. The molecule has 0 saturated heterocycles. The zero-order valence-electron chi connectivity index (χ0n) is 13.6. The molecule has 1 aromatic rings. The second-order valence-electron chi connectivity index (χ2n) is 5.67. The number of ether oxygens (including phenoxy) is 1. The monoisotopic (exact) mass is 276 g/mol. The van der Waals surface area contributed by atoms with Crippen LogP contribution in [0.5, 0.6) is 5.75 Å². The van der Waals surface area contributed by atoms with E-state index in [2.05, 4.69) is 39.8 Å². The largest absolute Gasteiger partial charge is 0.494 e. The highest BCUT2D eigenvalue weighted by atomic mass is 16.5. The first kappa shape index (κ1) is 16.7. The fraction of sp³-hybridized carbons (Fsp3) is 0.611. The van der Waals surface area contributed by atoms with Crippen LogP contribution in [0, 0.1) is 13.8 Å². The first-order valence-corrected chi connectivity index (χ1v) is 7.72. The summed E-state index contributed by atoms with van der Waals surface area (Å²) in [5, 5.41) is 0. The molecule has 0 amide bonds. The minimum Gasteiger partial charge on any atom is -0.494 e. The molecule has 2 heteroatoms. The second kappa shape index (κ2) is 8.08. The fourth-order valence-electron chi connectivity index (χ4n) is 2.81. The topological polar surface area (TPSA) is 26.3 Å². The van der Waals surface area contributed by atoms with Crippen LogP contribution in [-0.4, -0.2) is 12.4 Å². The predicted molar refractivity (Wildman–Crippen MR) is 84.6 cm³/mol. The minimum atomic E-state index is 0.279. The quantitative estimate of drug-likeness (QED) is 0.671. The lowest BCUT2D eigenvalue weighted by atomic mass is 9.85. The Balaban J connectivity index is 2.95. The van der Waals surface area contributed by atoms with Crippen LogP contribution < -0.4 is 4.74 Å². The molecule has 112 valence electrons. The highest BCUT2D eigenvalue weighted by molar-refractivity contribution is 5.75. The minimum absolute atomic E-state index is 0.279. The first-order chi connectivity index (χ1) is 9.49. The van der Waals surface area contributed by atoms with Crippen LogP contribution in [0.25, 0.3) is 0 Å². The van der Waals surface area contributed by atoms with Crippen molar-refractivity contribution in [2.45, 2.75) is 66.2 Å². The number of rotatable bonds is 8. The predicted octanol–water partition coefficient (Wildman–Crippen LogP) is 4.96. The van der Waals surface area contributed by atoms with E-state index in [-0.39, 0.29) is 5.78 Å². The smallest absolute Gasteiger partial charge is 0.129 e. The van der Waals surface area contributed by atoms with Crippen molar-refractivity contribution in [1.29, 1.82) is 0 Å². The molecule has 0 aromatic heterocycles. The van der Waals surface area contributed by atoms with E-state index in [9.17, 15) is 4.79 Å². The molecule has 0 saturated carbocycles. The van der Waals surface area contributed by atoms with Crippen LogP contribution in [0.3, 0.4) is 0 Å². The van der Waals surface area contributed by atoms with E-state index in [0.29, 0.717) is 12.3 Å². The molecular formula is C18H28O2. The van der Waals surface area contributed by atoms with Crippen LogP contribution in [0.1, 0.15) is 69.1 Å². The third-order valence-corrected chi connectivity index (χ3v) is 3.79. The standard InChI is InChI=1S/C18H28O2/c1-6-10-20-17-11-13(3)18(14(4)12-17)16(7-2)9-8-15(5)19/h11-12,16H,6-10H2,1-5H3. The molecule has 0 N–H and O–H groups in total. The second-order valence-corrected chi connectivity index (χ2v) is 5.67. The third-order valence-electron chi connectivity index (χ3n) is 3.79. The number of benzene rings is 1. The van der Waals surface area contributed by atoms with Gasteiger partial charge in [0.2, 0.25) is 0 Å². The Kier molecular flexibility index (Phi) is 6.77. The van der Waals surface area contributed by atoms with Gasteiger partial charge in [0.25, 0.3) is 0 Å². The molecule has 1 rings (SSSR count). The van der Waals surface area contributed by atoms with Gasteiger partial charge in [-0.05, 0) is 74.8 Å². The summed E-state index contributed by atoms with van der Waals surface area (Å²) in [6, 6.07) is 4.27. The number of ketones is 1. The van der Waals surface area contributed by atoms with Crippen molar-refractivity contribution in [1.82, 2.24) is 0 Å². The SMILES string of the molecule is CCCOc1cc(C)c(C(CC)CCC(C)=O)c(C)c1. The molecule has 1 atom stereocenters. The molecule has 2 nitrogen and oxygen atoms in total. The summed E-state index contributed by atoms with van der Waals surface area (Å²) >= 11 is 0. The normalized spacial score (nSPS) is 12.2. The van der Waals surface area contributed by atoms with Gasteiger partial charge in [0.05, 0.1) is 6.61 Å². The van der Waals surface area contributed by atoms with Crippen molar-refractivity contribution in [2.75, 3.05) is 6.61 Å². The highest BCUT2D eigenvalue weighted by Gasteiger charge is 2.16. The molecule has 0 bridgehead atoms. The van der Waals surface area contributed by atoms with E-state index in [1.165, 1.54) is 16.7 Å². The van der Waals surface area contributed by atoms with Gasteiger partial charge in [0, 0.05) is 6.42 Å². The van der Waals surface area contributed by atoms with Crippen LogP contribution in [0.15, 0.2) is 12.1 Å². The molecule has 0 heterocycles. The van der Waals surface area contributed by atoms with Gasteiger partial charge in [-0.15, -0.1) is 0 Å². The van der Waals surface area contributed by atoms with Crippen molar-refractivity contribution in [3.05, 3.63) is 28.8 Å². The zero-order chi connectivity index (χ0) is 15.1. The molecular weight excluding hydrogens is 248 g/mol. The molecule has 0 fully saturated rings. The zero-order valence-corrected chi connectivity index (χ0v) is 13.6. The molecule has 1 aromatic carbocycles. The molecule has 1 unspecified atom stereocenters. The summed E-state index contributed by atoms with van der Waals surface area (Å²) in [7, 11) is 0. The van der Waals surface area contributed by atoms with Crippen LogP contribution >= 0.6 is 0 Å². The summed E-state index contributed by atoms with van der Waals surface area (Å²) < 4.78 is 5.73. The molecule has 0 spiro atoms. The van der Waals surface area contributed by atoms with Gasteiger partial charge < -0.3 is 9.53 Å². The van der Waals surface area contributed by atoms with Gasteiger partial charge in [-0.25, -0.2) is 0 Å². The maximum atomic E-state index is 11.2. The lowest BCUT2D eigenvalue weighted by Gasteiger charge is -2.21. The summed E-state index contributed by atoms with van der Waals surface area (Å²) in [6.45, 7) is 11.1. The van der Waals surface area contributed by atoms with Crippen molar-refractivity contribution >= 4 is 5.78 Å². The van der Waals surface area contributed by atoms with Crippen molar-refractivity contribution < 1.29 is 9.53 Å². The van der Waals surface area contributed by atoms with Gasteiger partial charge in [-0.2, -0.15) is 0 Å². The van der Waals surface area contributed by atoms with Gasteiger partial charge in [-0.3, -0.25) is 0 Å². The number of carbonyl (C=O) groups is 1. The van der Waals surface area contributed by atoms with Crippen molar-refractivity contribution in [2.24, 2.45) is 0 Å². The number of Topliss-reactive ketones (excluding diaryl/α,β-unsaturated/α-hetero) is 1. The number of aryl methyl sites for hydroxylation is 2. The Morgan fingerprint density at radius 1 is 1.20 bits per heavy atom. The summed E-state index contributed by atoms with van der Waals surface area (Å²) in [5.41, 5.74) is 3.97. The van der Waals surface area contributed by atoms with E-state index in [1.54, 1.807) is 6.92 Å². The van der Waals surface area contributed by atoms with Crippen LogP contribution in [0.2, 0.25) is 0 Å². The molecule has 20 heavy (non-hydrogen) atoms. The van der Waals surface area contributed by atoms with E-state index in [4.69, 9.17) is 4.74 Å². The molecule has 0 radical (unpaired) electrons. The van der Waals surface area contributed by atoms with Gasteiger partial charge in [-0.1, -0.05) is 13.8 Å². The van der Waals surface area contributed by atoms with Gasteiger partial charge in [0.15, 0.2) is 0 Å². The molecule has 0 aliphatic carbocycles. The average Bonchev–Trinajstić information content (AvgIpc) is 2.39. The lowest BCUT2D eigenvalue weighted by Crippen LogP contribution is -2.06. The van der Waals surface area contributed by atoms with Gasteiger partial charge in [0.1, 0.15) is 11.5 Å². The van der Waals surface area contributed by atoms with Crippen molar-refractivity contribution in [3.8, 4) is 5.75 Å². The number of hydrogen-bond acceptors (Lipinski definition) is 2. The summed E-state index contributed by atoms with van der Waals surface area (Å²) in [4.78, 5) is 11.2. The lowest BCUT2D eigenvalue weighted by molar-refractivity contribution is -0.117. The fourth-order valence-corrected chi connectivity index (χ4v) is 2.81. The van der Waals surface area contributed by atoms with Gasteiger partial charge >= 0.3 is 0 Å². The van der Waals surface area contributed by atoms with E-state index in [0.717, 1.165) is 31.6 Å². The average molecular weight is 276 g/mol. The molecule has 0 aliphatic heterocycles. The maximum Gasteiger partial charge on any atom is 0.129 e. The van der Waals surface area contributed by atoms with E-state index < -0.39 is 0 Å². The van der Waals surface area contributed by atoms with E-state index in [1.807, 2.05) is 0 Å². The Labute approximate surface area is 123 Å². The summed E-state index contributed by atoms with van der Waals surface area (Å²) in [6.07, 6.45) is 3.72. The van der Waals surface area contributed by atoms with E-state index >= 15 is 0 Å². The van der Waals surface area contributed by atoms with Crippen LogP contribution in [-0.2, 0) is 4.79 Å². The van der Waals surface area contributed by atoms with Crippen molar-refractivity contribution in [3.63, 3.8) is 0 Å². The van der Waals surface area contributed by atoms with Crippen LogP contribution in [0.4, 0.5) is 0 Å². The Bertz CT molecular complexity index is 426.